The van der Waals surface area contributed by atoms with Gasteiger partial charge in [-0.25, -0.2) is 0 Å². The third-order valence-electron chi connectivity index (χ3n) is 3.54. The minimum atomic E-state index is -0.644. The fraction of sp³-hybridized carbons (Fsp3) is 0.625. The zero-order chi connectivity index (χ0) is 14.4. The molecule has 1 aromatic rings. The molecule has 0 fully saturated rings. The van der Waals surface area contributed by atoms with Crippen LogP contribution < -0.4 is 4.74 Å². The third-order valence-corrected chi connectivity index (χ3v) is 3.54. The van der Waals surface area contributed by atoms with Gasteiger partial charge in [-0.05, 0) is 38.3 Å². The van der Waals surface area contributed by atoms with Crippen LogP contribution in [0.2, 0.25) is 0 Å². The highest BCUT2D eigenvalue weighted by Gasteiger charge is 2.24. The number of aliphatic hydroxyl groups is 1. The van der Waals surface area contributed by atoms with Crippen molar-refractivity contribution < 1.29 is 14.6 Å². The molecule has 0 bridgehead atoms. The van der Waals surface area contributed by atoms with Crippen molar-refractivity contribution in [3.8, 4) is 5.75 Å². The molecule has 0 aliphatic heterocycles. The first-order valence-electron chi connectivity index (χ1n) is 7.00. The Morgan fingerprint density at radius 1 is 1.21 bits per heavy atom. The molecule has 1 rings (SSSR count). The van der Waals surface area contributed by atoms with Crippen molar-refractivity contribution in [1.82, 2.24) is 0 Å². The van der Waals surface area contributed by atoms with Crippen LogP contribution in [-0.4, -0.2) is 24.9 Å². The van der Waals surface area contributed by atoms with Crippen LogP contribution in [0.1, 0.15) is 49.5 Å². The van der Waals surface area contributed by atoms with E-state index >= 15 is 0 Å². The highest BCUT2D eigenvalue weighted by Crippen LogP contribution is 2.34. The van der Waals surface area contributed by atoms with E-state index in [1.165, 1.54) is 0 Å². The maximum atomic E-state index is 10.6. The van der Waals surface area contributed by atoms with Gasteiger partial charge in [0.2, 0.25) is 0 Å². The highest BCUT2D eigenvalue weighted by molar-refractivity contribution is 5.46. The van der Waals surface area contributed by atoms with E-state index in [0.717, 1.165) is 35.3 Å². The first-order valence-corrected chi connectivity index (χ1v) is 7.00. The summed E-state index contributed by atoms with van der Waals surface area (Å²) in [6.07, 6.45) is 1.00. The van der Waals surface area contributed by atoms with E-state index in [1.54, 1.807) is 7.11 Å². The molecule has 3 heteroatoms. The molecular formula is C16H26O3. The van der Waals surface area contributed by atoms with Crippen molar-refractivity contribution in [3.63, 3.8) is 0 Å². The van der Waals surface area contributed by atoms with Crippen LogP contribution in [0.3, 0.4) is 0 Å². The van der Waals surface area contributed by atoms with E-state index in [0.29, 0.717) is 6.61 Å². The smallest absolute Gasteiger partial charge is 0.127 e. The van der Waals surface area contributed by atoms with Gasteiger partial charge >= 0.3 is 0 Å². The summed E-state index contributed by atoms with van der Waals surface area (Å²) in [6, 6.07) is 3.96. The molecular weight excluding hydrogens is 240 g/mol. The molecule has 0 aliphatic carbocycles. The Morgan fingerprint density at radius 2 is 1.89 bits per heavy atom. The first-order chi connectivity index (χ1) is 9.06. The van der Waals surface area contributed by atoms with E-state index in [4.69, 9.17) is 9.47 Å². The first kappa shape index (κ1) is 16.0. The average Bonchev–Trinajstić information content (AvgIpc) is 2.40. The summed E-state index contributed by atoms with van der Waals surface area (Å²) in [6.45, 7) is 8.71. The number of hydrogen-bond acceptors (Lipinski definition) is 3. The molecule has 2 unspecified atom stereocenters. The van der Waals surface area contributed by atoms with E-state index in [-0.39, 0.29) is 6.10 Å². The second-order valence-electron chi connectivity index (χ2n) is 4.86. The van der Waals surface area contributed by atoms with Gasteiger partial charge in [0.1, 0.15) is 11.9 Å². The minimum Gasteiger partial charge on any atom is -0.496 e. The summed E-state index contributed by atoms with van der Waals surface area (Å²) < 4.78 is 11.1. The fourth-order valence-electron chi connectivity index (χ4n) is 2.35. The maximum absolute atomic E-state index is 10.6. The summed E-state index contributed by atoms with van der Waals surface area (Å²) in [5.74, 6) is 0.772. The monoisotopic (exact) mass is 266 g/mol. The van der Waals surface area contributed by atoms with Gasteiger partial charge in [0.05, 0.1) is 13.2 Å². The number of benzene rings is 1. The quantitative estimate of drug-likeness (QED) is 0.820. The lowest BCUT2D eigenvalue weighted by Crippen LogP contribution is -2.23. The Kier molecular flexibility index (Phi) is 6.32. The largest absolute Gasteiger partial charge is 0.496 e. The van der Waals surface area contributed by atoms with Crippen molar-refractivity contribution in [2.24, 2.45) is 0 Å². The molecule has 0 spiro atoms. The molecule has 2 atom stereocenters. The summed E-state index contributed by atoms with van der Waals surface area (Å²) >= 11 is 0. The van der Waals surface area contributed by atoms with Crippen molar-refractivity contribution in [2.75, 3.05) is 13.7 Å². The van der Waals surface area contributed by atoms with Gasteiger partial charge in [0, 0.05) is 12.2 Å². The molecule has 0 radical (unpaired) electrons. The SMILES string of the molecule is CCCC(OCC)C(O)c1ccc(C)c(C)c1OC. The van der Waals surface area contributed by atoms with E-state index < -0.39 is 6.10 Å². The van der Waals surface area contributed by atoms with E-state index in [1.807, 2.05) is 32.9 Å². The van der Waals surface area contributed by atoms with E-state index in [2.05, 4.69) is 6.92 Å². The van der Waals surface area contributed by atoms with Crippen LogP contribution in [0.5, 0.6) is 5.75 Å². The minimum absolute atomic E-state index is 0.175. The predicted molar refractivity (Wildman–Crippen MR) is 77.7 cm³/mol. The van der Waals surface area contributed by atoms with Crippen molar-refractivity contribution in [2.45, 2.75) is 52.7 Å². The van der Waals surface area contributed by atoms with Crippen LogP contribution in [0.15, 0.2) is 12.1 Å². The average molecular weight is 266 g/mol. The topological polar surface area (TPSA) is 38.7 Å². The van der Waals surface area contributed by atoms with Gasteiger partial charge in [0.15, 0.2) is 0 Å². The van der Waals surface area contributed by atoms with Crippen LogP contribution in [-0.2, 0) is 4.74 Å². The molecule has 1 N–H and O–H groups in total. The second kappa shape index (κ2) is 7.51. The van der Waals surface area contributed by atoms with Gasteiger partial charge in [-0.1, -0.05) is 25.5 Å². The summed E-state index contributed by atoms with van der Waals surface area (Å²) in [5.41, 5.74) is 3.06. The zero-order valence-corrected chi connectivity index (χ0v) is 12.7. The lowest BCUT2D eigenvalue weighted by atomic mass is 9.96. The molecule has 0 aliphatic rings. The van der Waals surface area contributed by atoms with Crippen molar-refractivity contribution in [3.05, 3.63) is 28.8 Å². The van der Waals surface area contributed by atoms with Gasteiger partial charge in [-0.2, -0.15) is 0 Å². The van der Waals surface area contributed by atoms with Gasteiger partial charge in [-0.3, -0.25) is 0 Å². The Bertz CT molecular complexity index is 395. The van der Waals surface area contributed by atoms with Crippen LogP contribution >= 0.6 is 0 Å². The molecule has 0 saturated carbocycles. The number of aryl methyl sites for hydroxylation is 1. The van der Waals surface area contributed by atoms with E-state index in [9.17, 15) is 5.11 Å². The number of hydrogen-bond donors (Lipinski definition) is 1. The lowest BCUT2D eigenvalue weighted by molar-refractivity contribution is -0.0392. The van der Waals surface area contributed by atoms with Crippen LogP contribution in [0.25, 0.3) is 0 Å². The summed E-state index contributed by atoms with van der Waals surface area (Å²) in [5, 5.41) is 10.6. The summed E-state index contributed by atoms with van der Waals surface area (Å²) in [4.78, 5) is 0. The molecule has 108 valence electrons. The second-order valence-corrected chi connectivity index (χ2v) is 4.86. The van der Waals surface area contributed by atoms with Gasteiger partial charge < -0.3 is 14.6 Å². The Balaban J connectivity index is 3.09. The molecule has 19 heavy (non-hydrogen) atoms. The molecule has 0 amide bonds. The Hall–Kier alpha value is -1.06. The third kappa shape index (κ3) is 3.71. The Morgan fingerprint density at radius 3 is 2.42 bits per heavy atom. The summed E-state index contributed by atoms with van der Waals surface area (Å²) in [7, 11) is 1.65. The zero-order valence-electron chi connectivity index (χ0n) is 12.7. The van der Waals surface area contributed by atoms with Gasteiger partial charge in [0.25, 0.3) is 0 Å². The van der Waals surface area contributed by atoms with Crippen LogP contribution in [0, 0.1) is 13.8 Å². The maximum Gasteiger partial charge on any atom is 0.127 e. The van der Waals surface area contributed by atoms with Crippen molar-refractivity contribution in [1.29, 1.82) is 0 Å². The number of methoxy groups -OCH3 is 1. The normalized spacial score (nSPS) is 14.2. The number of ether oxygens (including phenoxy) is 2. The fourth-order valence-corrected chi connectivity index (χ4v) is 2.35. The van der Waals surface area contributed by atoms with Gasteiger partial charge in [-0.15, -0.1) is 0 Å². The van der Waals surface area contributed by atoms with Crippen LogP contribution in [0.4, 0.5) is 0 Å². The number of aliphatic hydroxyl groups excluding tert-OH is 1. The highest BCUT2D eigenvalue weighted by atomic mass is 16.5. The molecule has 3 nitrogen and oxygen atoms in total. The molecule has 0 aromatic heterocycles. The lowest BCUT2D eigenvalue weighted by Gasteiger charge is -2.25. The predicted octanol–water partition coefficient (Wildman–Crippen LogP) is 3.55. The molecule has 1 aromatic carbocycles. The Labute approximate surface area is 116 Å². The standard InChI is InChI=1S/C16H26O3/c1-6-8-14(19-7-2)15(17)13-10-9-11(3)12(4)16(13)18-5/h9-10,14-15,17H,6-8H2,1-5H3. The molecule has 0 saturated heterocycles. The number of rotatable bonds is 7. The molecule has 0 heterocycles. The van der Waals surface area contributed by atoms with Crippen molar-refractivity contribution >= 4 is 0 Å².